The Morgan fingerprint density at radius 2 is 1.81 bits per heavy atom. The lowest BCUT2D eigenvalue weighted by Gasteiger charge is -2.30. The first-order valence-corrected chi connectivity index (χ1v) is 8.06. The van der Waals surface area contributed by atoms with Crippen molar-refractivity contribution in [3.63, 3.8) is 0 Å². The molecular formula is C15H26N4O2. The van der Waals surface area contributed by atoms with Crippen LogP contribution < -0.4 is 14.8 Å². The van der Waals surface area contributed by atoms with Gasteiger partial charge < -0.3 is 14.8 Å². The quantitative estimate of drug-likeness (QED) is 0.833. The van der Waals surface area contributed by atoms with Crippen LogP contribution in [0.1, 0.15) is 52.9 Å². The molecule has 1 aliphatic carbocycles. The minimum atomic E-state index is 0.204. The highest BCUT2D eigenvalue weighted by molar-refractivity contribution is 5.27. The van der Waals surface area contributed by atoms with E-state index in [1.54, 1.807) is 0 Å². The van der Waals surface area contributed by atoms with E-state index < -0.39 is 0 Å². The molecule has 2 atom stereocenters. The molecule has 21 heavy (non-hydrogen) atoms. The van der Waals surface area contributed by atoms with Crippen molar-refractivity contribution in [2.75, 3.05) is 18.5 Å². The van der Waals surface area contributed by atoms with Gasteiger partial charge in [0.25, 0.3) is 0 Å². The predicted octanol–water partition coefficient (Wildman–Crippen LogP) is 3.05. The first kappa shape index (κ1) is 15.8. The molecule has 0 aromatic carbocycles. The number of aromatic nitrogens is 3. The number of rotatable bonds is 7. The highest BCUT2D eigenvalue weighted by Gasteiger charge is 2.26. The summed E-state index contributed by atoms with van der Waals surface area (Å²) in [4.78, 5) is 12.8. The summed E-state index contributed by atoms with van der Waals surface area (Å²) in [5.74, 6) is 1.10. The second-order valence-electron chi connectivity index (χ2n) is 5.30. The number of ether oxygens (including phenoxy) is 2. The van der Waals surface area contributed by atoms with Gasteiger partial charge in [0.15, 0.2) is 0 Å². The van der Waals surface area contributed by atoms with Crippen LogP contribution in [-0.4, -0.2) is 34.2 Å². The molecule has 0 amide bonds. The number of nitrogens with one attached hydrogen (secondary N) is 1. The normalized spacial score (nSPS) is 21.9. The van der Waals surface area contributed by atoms with Crippen LogP contribution in [0.2, 0.25) is 0 Å². The fraction of sp³-hybridized carbons (Fsp3) is 0.800. The van der Waals surface area contributed by atoms with E-state index in [9.17, 15) is 0 Å². The third-order valence-electron chi connectivity index (χ3n) is 3.82. The number of hydrogen-bond acceptors (Lipinski definition) is 6. The summed E-state index contributed by atoms with van der Waals surface area (Å²) in [6.07, 6.45) is 6.14. The van der Waals surface area contributed by atoms with Crippen molar-refractivity contribution in [2.24, 2.45) is 5.92 Å². The van der Waals surface area contributed by atoms with Gasteiger partial charge in [0.1, 0.15) is 6.10 Å². The van der Waals surface area contributed by atoms with Gasteiger partial charge in [0, 0.05) is 6.54 Å². The Bertz CT molecular complexity index is 417. The molecule has 1 heterocycles. The lowest BCUT2D eigenvalue weighted by molar-refractivity contribution is 0.0797. The van der Waals surface area contributed by atoms with Crippen molar-refractivity contribution in [3.8, 4) is 12.0 Å². The minimum absolute atomic E-state index is 0.204. The van der Waals surface area contributed by atoms with Gasteiger partial charge in [-0.3, -0.25) is 0 Å². The van der Waals surface area contributed by atoms with Crippen LogP contribution in [0.25, 0.3) is 0 Å². The molecule has 0 spiro atoms. The zero-order valence-corrected chi connectivity index (χ0v) is 13.3. The van der Waals surface area contributed by atoms with Crippen molar-refractivity contribution in [3.05, 3.63) is 0 Å². The van der Waals surface area contributed by atoms with E-state index in [0.717, 1.165) is 19.4 Å². The molecule has 118 valence electrons. The fourth-order valence-corrected chi connectivity index (χ4v) is 2.75. The van der Waals surface area contributed by atoms with E-state index in [1.165, 1.54) is 19.3 Å². The predicted molar refractivity (Wildman–Crippen MR) is 81.8 cm³/mol. The van der Waals surface area contributed by atoms with E-state index in [2.05, 4.69) is 27.2 Å². The van der Waals surface area contributed by atoms with Gasteiger partial charge in [-0.05, 0) is 45.4 Å². The second-order valence-corrected chi connectivity index (χ2v) is 5.30. The van der Waals surface area contributed by atoms with Crippen LogP contribution in [0.3, 0.4) is 0 Å². The summed E-state index contributed by atoms with van der Waals surface area (Å²) in [6.45, 7) is 7.39. The standard InChI is InChI=1S/C15H26N4O2/c1-4-11-9-7-8-10-12(11)21-15-18-13(16-5-2)17-14(19-15)20-6-3/h11-12H,4-10H2,1-3H3,(H,16,17,18,19). The van der Waals surface area contributed by atoms with E-state index in [-0.39, 0.29) is 6.10 Å². The summed E-state index contributed by atoms with van der Waals surface area (Å²) >= 11 is 0. The molecule has 6 nitrogen and oxygen atoms in total. The molecule has 1 saturated carbocycles. The molecule has 0 saturated heterocycles. The van der Waals surface area contributed by atoms with Crippen LogP contribution >= 0.6 is 0 Å². The Hall–Kier alpha value is -1.59. The highest BCUT2D eigenvalue weighted by atomic mass is 16.5. The summed E-state index contributed by atoms with van der Waals surface area (Å²) < 4.78 is 11.4. The maximum atomic E-state index is 6.05. The molecule has 1 fully saturated rings. The average Bonchev–Trinajstić information content (AvgIpc) is 2.48. The number of hydrogen-bond donors (Lipinski definition) is 1. The molecule has 0 bridgehead atoms. The Balaban J connectivity index is 2.13. The molecule has 1 N–H and O–H groups in total. The first-order valence-electron chi connectivity index (χ1n) is 8.06. The molecule has 6 heteroatoms. The molecule has 0 radical (unpaired) electrons. The number of nitrogens with zero attached hydrogens (tertiary/aromatic N) is 3. The van der Waals surface area contributed by atoms with Crippen LogP contribution in [0.15, 0.2) is 0 Å². The molecule has 1 aromatic heterocycles. The Kier molecular flexibility index (Phi) is 6.02. The molecule has 1 aromatic rings. The molecular weight excluding hydrogens is 268 g/mol. The summed E-state index contributed by atoms with van der Waals surface area (Å²) in [5, 5.41) is 3.09. The summed E-state index contributed by atoms with van der Waals surface area (Å²) in [7, 11) is 0. The zero-order chi connectivity index (χ0) is 15.1. The van der Waals surface area contributed by atoms with Crippen molar-refractivity contribution >= 4 is 5.95 Å². The topological polar surface area (TPSA) is 69.2 Å². The van der Waals surface area contributed by atoms with Crippen molar-refractivity contribution in [2.45, 2.75) is 59.0 Å². The average molecular weight is 294 g/mol. The van der Waals surface area contributed by atoms with Crippen LogP contribution in [0, 0.1) is 5.92 Å². The van der Waals surface area contributed by atoms with Gasteiger partial charge in [-0.1, -0.05) is 13.3 Å². The van der Waals surface area contributed by atoms with Gasteiger partial charge in [0.2, 0.25) is 5.95 Å². The maximum absolute atomic E-state index is 6.05. The van der Waals surface area contributed by atoms with E-state index in [1.807, 2.05) is 13.8 Å². The third-order valence-corrected chi connectivity index (χ3v) is 3.82. The van der Waals surface area contributed by atoms with E-state index in [4.69, 9.17) is 9.47 Å². The fourth-order valence-electron chi connectivity index (χ4n) is 2.75. The van der Waals surface area contributed by atoms with Gasteiger partial charge in [-0.2, -0.15) is 9.97 Å². The van der Waals surface area contributed by atoms with Gasteiger partial charge in [-0.15, -0.1) is 4.98 Å². The largest absolute Gasteiger partial charge is 0.464 e. The van der Waals surface area contributed by atoms with Crippen molar-refractivity contribution in [1.82, 2.24) is 15.0 Å². The van der Waals surface area contributed by atoms with Crippen molar-refractivity contribution in [1.29, 1.82) is 0 Å². The third kappa shape index (κ3) is 4.44. The maximum Gasteiger partial charge on any atom is 0.324 e. The summed E-state index contributed by atoms with van der Waals surface area (Å²) in [6, 6.07) is 0.692. The highest BCUT2D eigenvalue weighted by Crippen LogP contribution is 2.30. The first-order chi connectivity index (χ1) is 10.3. The lowest BCUT2D eigenvalue weighted by atomic mass is 9.85. The van der Waals surface area contributed by atoms with E-state index >= 15 is 0 Å². The Labute approximate surface area is 126 Å². The van der Waals surface area contributed by atoms with Crippen LogP contribution in [0.5, 0.6) is 12.0 Å². The van der Waals surface area contributed by atoms with Crippen LogP contribution in [0.4, 0.5) is 5.95 Å². The Morgan fingerprint density at radius 1 is 1.05 bits per heavy atom. The van der Waals surface area contributed by atoms with E-state index in [0.29, 0.717) is 30.5 Å². The zero-order valence-electron chi connectivity index (χ0n) is 13.3. The molecule has 0 aliphatic heterocycles. The molecule has 2 unspecified atom stereocenters. The number of anilines is 1. The molecule has 1 aliphatic rings. The van der Waals surface area contributed by atoms with Gasteiger partial charge >= 0.3 is 12.0 Å². The van der Waals surface area contributed by atoms with Crippen molar-refractivity contribution < 1.29 is 9.47 Å². The van der Waals surface area contributed by atoms with Crippen LogP contribution in [-0.2, 0) is 0 Å². The summed E-state index contributed by atoms with van der Waals surface area (Å²) in [5.41, 5.74) is 0. The minimum Gasteiger partial charge on any atom is -0.464 e. The smallest absolute Gasteiger partial charge is 0.324 e. The van der Waals surface area contributed by atoms with Gasteiger partial charge in [-0.25, -0.2) is 0 Å². The SMILES string of the molecule is CCNc1nc(OCC)nc(OC2CCCCC2CC)n1. The Morgan fingerprint density at radius 3 is 2.52 bits per heavy atom. The lowest BCUT2D eigenvalue weighted by Crippen LogP contribution is -2.30. The second kappa shape index (κ2) is 8.00. The monoisotopic (exact) mass is 294 g/mol. The molecule has 2 rings (SSSR count). The van der Waals surface area contributed by atoms with Gasteiger partial charge in [0.05, 0.1) is 6.61 Å².